The predicted molar refractivity (Wildman–Crippen MR) is 130 cm³/mol. The quantitative estimate of drug-likeness (QED) is 0.583. The standard InChI is InChI=1S/C28H30N2O3/c1-3-29-27(32)28(17-18-30(20-28)26(31)23-9-5-4-6-10-23)19-21-13-15-22(16-14-21)24-11-7-8-12-25(24)33-2/h4-16H,3,17-20H2,1-2H3,(H,29,32)/t28-/m1/s1. The zero-order chi connectivity index (χ0) is 23.3. The van der Waals surface area contributed by atoms with Gasteiger partial charge < -0.3 is 15.0 Å². The summed E-state index contributed by atoms with van der Waals surface area (Å²) in [5.41, 5.74) is 3.20. The van der Waals surface area contributed by atoms with Crippen molar-refractivity contribution in [2.45, 2.75) is 19.8 Å². The highest BCUT2D eigenvalue weighted by Gasteiger charge is 2.45. The summed E-state index contributed by atoms with van der Waals surface area (Å²) >= 11 is 0. The van der Waals surface area contributed by atoms with Gasteiger partial charge in [0.1, 0.15) is 5.75 Å². The number of hydrogen-bond acceptors (Lipinski definition) is 3. The van der Waals surface area contributed by atoms with Crippen molar-refractivity contribution in [2.24, 2.45) is 5.41 Å². The monoisotopic (exact) mass is 442 g/mol. The van der Waals surface area contributed by atoms with E-state index in [1.165, 1.54) is 0 Å². The Morgan fingerprint density at radius 3 is 2.36 bits per heavy atom. The largest absolute Gasteiger partial charge is 0.496 e. The molecule has 2 amide bonds. The summed E-state index contributed by atoms with van der Waals surface area (Å²) in [5.74, 6) is 0.824. The summed E-state index contributed by atoms with van der Waals surface area (Å²) in [6, 6.07) is 25.5. The second-order valence-corrected chi connectivity index (χ2v) is 8.56. The first-order valence-electron chi connectivity index (χ1n) is 11.4. The molecule has 1 saturated heterocycles. The Labute approximate surface area is 195 Å². The van der Waals surface area contributed by atoms with E-state index < -0.39 is 5.41 Å². The number of rotatable bonds is 7. The minimum absolute atomic E-state index is 0.0159. The minimum Gasteiger partial charge on any atom is -0.496 e. The second kappa shape index (κ2) is 9.90. The third kappa shape index (κ3) is 4.77. The van der Waals surface area contributed by atoms with E-state index in [1.54, 1.807) is 7.11 Å². The molecule has 1 atom stereocenters. The fraction of sp³-hybridized carbons (Fsp3) is 0.286. The zero-order valence-corrected chi connectivity index (χ0v) is 19.2. The van der Waals surface area contributed by atoms with Gasteiger partial charge in [0.15, 0.2) is 0 Å². The van der Waals surface area contributed by atoms with Gasteiger partial charge in [-0.1, -0.05) is 60.7 Å². The molecular formula is C28H30N2O3. The number of ether oxygens (including phenoxy) is 1. The van der Waals surface area contributed by atoms with E-state index in [9.17, 15) is 9.59 Å². The van der Waals surface area contributed by atoms with Crippen LogP contribution < -0.4 is 10.1 Å². The van der Waals surface area contributed by atoms with Crippen LogP contribution in [-0.2, 0) is 11.2 Å². The van der Waals surface area contributed by atoms with Crippen molar-refractivity contribution in [1.82, 2.24) is 10.2 Å². The van der Waals surface area contributed by atoms with Gasteiger partial charge in [-0.25, -0.2) is 0 Å². The SMILES string of the molecule is CCNC(=O)[C@@]1(Cc2ccc(-c3ccccc3OC)cc2)CCN(C(=O)c2ccccc2)C1. The highest BCUT2D eigenvalue weighted by Crippen LogP contribution is 2.36. The van der Waals surface area contributed by atoms with Crippen molar-refractivity contribution < 1.29 is 14.3 Å². The first-order valence-corrected chi connectivity index (χ1v) is 11.4. The molecule has 0 aliphatic carbocycles. The highest BCUT2D eigenvalue weighted by atomic mass is 16.5. The predicted octanol–water partition coefficient (Wildman–Crippen LogP) is 4.57. The lowest BCUT2D eigenvalue weighted by molar-refractivity contribution is -0.130. The number of benzene rings is 3. The number of carbonyl (C=O) groups excluding carboxylic acids is 2. The van der Waals surface area contributed by atoms with Crippen LogP contribution in [0.4, 0.5) is 0 Å². The average Bonchev–Trinajstić information content (AvgIpc) is 3.30. The van der Waals surface area contributed by atoms with Crippen molar-refractivity contribution in [3.8, 4) is 16.9 Å². The van der Waals surface area contributed by atoms with E-state index in [0.29, 0.717) is 38.0 Å². The smallest absolute Gasteiger partial charge is 0.253 e. The van der Waals surface area contributed by atoms with Crippen LogP contribution in [0, 0.1) is 5.41 Å². The minimum atomic E-state index is -0.633. The lowest BCUT2D eigenvalue weighted by atomic mass is 9.79. The van der Waals surface area contributed by atoms with Gasteiger partial charge in [-0.15, -0.1) is 0 Å². The molecule has 0 spiro atoms. The molecule has 0 radical (unpaired) electrons. The molecule has 3 aromatic carbocycles. The van der Waals surface area contributed by atoms with Gasteiger partial charge in [-0.05, 0) is 49.1 Å². The Bertz CT molecular complexity index is 1110. The third-order valence-electron chi connectivity index (χ3n) is 6.40. The van der Waals surface area contributed by atoms with E-state index >= 15 is 0 Å². The maximum Gasteiger partial charge on any atom is 0.253 e. The molecule has 3 aromatic rings. The summed E-state index contributed by atoms with van der Waals surface area (Å²) in [5, 5.41) is 3.01. The topological polar surface area (TPSA) is 58.6 Å². The lowest BCUT2D eigenvalue weighted by Gasteiger charge is -2.28. The molecular weight excluding hydrogens is 412 g/mol. The molecule has 5 nitrogen and oxygen atoms in total. The maximum absolute atomic E-state index is 13.2. The van der Waals surface area contributed by atoms with Gasteiger partial charge in [-0.2, -0.15) is 0 Å². The Kier molecular flexibility index (Phi) is 6.78. The van der Waals surface area contributed by atoms with Gasteiger partial charge >= 0.3 is 0 Å². The van der Waals surface area contributed by atoms with Gasteiger partial charge in [-0.3, -0.25) is 9.59 Å². The van der Waals surface area contributed by atoms with Crippen LogP contribution in [0.2, 0.25) is 0 Å². The molecule has 0 aromatic heterocycles. The summed E-state index contributed by atoms with van der Waals surface area (Å²) in [6.07, 6.45) is 1.23. The molecule has 1 aliphatic rings. The summed E-state index contributed by atoms with van der Waals surface area (Å²) in [4.78, 5) is 28.0. The van der Waals surface area contributed by atoms with Crippen molar-refractivity contribution in [3.05, 3.63) is 90.0 Å². The number of hydrogen-bond donors (Lipinski definition) is 1. The number of nitrogens with one attached hydrogen (secondary N) is 1. The molecule has 1 heterocycles. The Balaban J connectivity index is 1.56. The highest BCUT2D eigenvalue weighted by molar-refractivity contribution is 5.95. The number of carbonyl (C=O) groups is 2. The number of likely N-dealkylation sites (tertiary alicyclic amines) is 1. The Morgan fingerprint density at radius 1 is 0.970 bits per heavy atom. The first-order chi connectivity index (χ1) is 16.1. The van der Waals surface area contributed by atoms with Crippen LogP contribution in [0.5, 0.6) is 5.75 Å². The summed E-state index contributed by atoms with van der Waals surface area (Å²) < 4.78 is 5.49. The van der Waals surface area contributed by atoms with E-state index in [1.807, 2.05) is 66.4 Å². The van der Waals surface area contributed by atoms with Gasteiger partial charge in [0.05, 0.1) is 12.5 Å². The van der Waals surface area contributed by atoms with Crippen LogP contribution in [0.3, 0.4) is 0 Å². The molecule has 0 unspecified atom stereocenters. The van der Waals surface area contributed by atoms with Crippen molar-refractivity contribution in [1.29, 1.82) is 0 Å². The number of methoxy groups -OCH3 is 1. The third-order valence-corrected chi connectivity index (χ3v) is 6.40. The number of nitrogens with zero attached hydrogens (tertiary/aromatic N) is 1. The molecule has 5 heteroatoms. The molecule has 0 saturated carbocycles. The Morgan fingerprint density at radius 2 is 1.67 bits per heavy atom. The molecule has 1 N–H and O–H groups in total. The van der Waals surface area contributed by atoms with Gasteiger partial charge in [0.25, 0.3) is 5.91 Å². The van der Waals surface area contributed by atoms with Gasteiger partial charge in [0.2, 0.25) is 5.91 Å². The first kappa shape index (κ1) is 22.6. The van der Waals surface area contributed by atoms with Gasteiger partial charge in [0, 0.05) is 30.8 Å². The fourth-order valence-corrected chi connectivity index (χ4v) is 4.64. The van der Waals surface area contributed by atoms with E-state index in [2.05, 4.69) is 29.6 Å². The molecule has 1 fully saturated rings. The number of amides is 2. The molecule has 1 aliphatic heterocycles. The Hall–Kier alpha value is -3.60. The van der Waals surface area contributed by atoms with Crippen LogP contribution in [0.15, 0.2) is 78.9 Å². The fourth-order valence-electron chi connectivity index (χ4n) is 4.64. The van der Waals surface area contributed by atoms with Crippen molar-refractivity contribution in [2.75, 3.05) is 26.7 Å². The summed E-state index contributed by atoms with van der Waals surface area (Å²) in [7, 11) is 1.67. The van der Waals surface area contributed by atoms with Crippen LogP contribution >= 0.6 is 0 Å². The molecule has 170 valence electrons. The molecule has 0 bridgehead atoms. The molecule has 4 rings (SSSR count). The van der Waals surface area contributed by atoms with Crippen LogP contribution in [0.1, 0.15) is 29.3 Å². The maximum atomic E-state index is 13.2. The molecule has 33 heavy (non-hydrogen) atoms. The van der Waals surface area contributed by atoms with E-state index in [4.69, 9.17) is 4.74 Å². The van der Waals surface area contributed by atoms with Crippen molar-refractivity contribution >= 4 is 11.8 Å². The van der Waals surface area contributed by atoms with Crippen LogP contribution in [0.25, 0.3) is 11.1 Å². The second-order valence-electron chi connectivity index (χ2n) is 8.56. The zero-order valence-electron chi connectivity index (χ0n) is 19.2. The number of para-hydroxylation sites is 1. The normalized spacial score (nSPS) is 17.6. The van der Waals surface area contributed by atoms with Crippen molar-refractivity contribution in [3.63, 3.8) is 0 Å². The van der Waals surface area contributed by atoms with E-state index in [0.717, 1.165) is 22.4 Å². The summed E-state index contributed by atoms with van der Waals surface area (Å²) in [6.45, 7) is 3.49. The average molecular weight is 443 g/mol. The lowest BCUT2D eigenvalue weighted by Crippen LogP contribution is -2.45. The van der Waals surface area contributed by atoms with Crippen LogP contribution in [-0.4, -0.2) is 43.5 Å². The van der Waals surface area contributed by atoms with E-state index in [-0.39, 0.29) is 11.8 Å².